The van der Waals surface area contributed by atoms with Crippen LogP contribution in [0.3, 0.4) is 0 Å². The van der Waals surface area contributed by atoms with E-state index in [9.17, 15) is 18.0 Å². The van der Waals surface area contributed by atoms with Gasteiger partial charge in [0, 0.05) is 0 Å². The summed E-state index contributed by atoms with van der Waals surface area (Å²) in [7, 11) is -4.03. The second kappa shape index (κ2) is 8.39. The topological polar surface area (TPSA) is 122 Å². The Bertz CT molecular complexity index is 1040. The van der Waals surface area contributed by atoms with Gasteiger partial charge in [-0.2, -0.15) is 0 Å². The number of sulfonamides is 1. The molecule has 1 heterocycles. The molecule has 0 saturated carbocycles. The van der Waals surface area contributed by atoms with Crippen LogP contribution in [0.5, 0.6) is 11.5 Å². The number of amides is 1. The smallest absolute Gasteiger partial charge is 0.323 e. The lowest BCUT2D eigenvalue weighted by Gasteiger charge is -2.28. The number of fused-ring (bicyclic) bond motifs is 1. The number of para-hydroxylation sites is 2. The molecule has 2 aromatic rings. The van der Waals surface area contributed by atoms with Gasteiger partial charge in [-0.3, -0.25) is 19.2 Å². The number of carboxylic acids is 1. The van der Waals surface area contributed by atoms with Crippen LogP contribution in [0.25, 0.3) is 0 Å². The maximum absolute atomic E-state index is 12.9. The number of ether oxygens (including phenoxy) is 2. The minimum atomic E-state index is -4.03. The molecule has 0 aromatic heterocycles. The summed E-state index contributed by atoms with van der Waals surface area (Å²) in [6, 6.07) is 10.6. The summed E-state index contributed by atoms with van der Waals surface area (Å²) in [5.74, 6) is -1.17. The second-order valence-corrected chi connectivity index (χ2v) is 7.92. The highest BCUT2D eigenvalue weighted by atomic mass is 32.2. The first-order valence-electron chi connectivity index (χ1n) is 8.85. The van der Waals surface area contributed by atoms with Crippen LogP contribution in [0.4, 0.5) is 11.4 Å². The average molecular weight is 420 g/mol. The number of carboxylic acid groups (broad SMARTS) is 1. The Morgan fingerprint density at radius 1 is 1.28 bits per heavy atom. The van der Waals surface area contributed by atoms with Crippen LogP contribution in [-0.4, -0.2) is 45.2 Å². The molecule has 29 heavy (non-hydrogen) atoms. The predicted octanol–water partition coefficient (Wildman–Crippen LogP) is 2.09. The molecule has 0 bridgehead atoms. The Labute approximate surface area is 167 Å². The fourth-order valence-electron chi connectivity index (χ4n) is 2.75. The lowest BCUT2D eigenvalue weighted by Crippen LogP contribution is -2.42. The third-order valence-electron chi connectivity index (χ3n) is 4.07. The van der Waals surface area contributed by atoms with E-state index in [0.717, 1.165) is 11.3 Å². The van der Waals surface area contributed by atoms with Crippen LogP contribution in [0.15, 0.2) is 47.4 Å². The van der Waals surface area contributed by atoms with Crippen molar-refractivity contribution in [2.24, 2.45) is 0 Å². The molecule has 154 valence electrons. The first kappa shape index (κ1) is 20.5. The van der Waals surface area contributed by atoms with Crippen molar-refractivity contribution in [3.63, 3.8) is 0 Å². The van der Waals surface area contributed by atoms with E-state index in [0.29, 0.717) is 12.4 Å². The van der Waals surface area contributed by atoms with Crippen molar-refractivity contribution < 1.29 is 32.6 Å². The molecular formula is C19H20N2O7S. The number of carbonyl (C=O) groups excluding carboxylic acids is 1. The zero-order valence-corrected chi connectivity index (χ0v) is 16.4. The molecule has 0 atom stereocenters. The summed E-state index contributed by atoms with van der Waals surface area (Å²) in [5, 5.41) is 9.06. The molecule has 1 aliphatic heterocycles. The van der Waals surface area contributed by atoms with Crippen LogP contribution in [0.2, 0.25) is 0 Å². The summed E-state index contributed by atoms with van der Waals surface area (Å²) < 4.78 is 39.1. The minimum Gasteiger partial charge on any atom is -0.491 e. The Kier molecular flexibility index (Phi) is 5.92. The highest BCUT2D eigenvalue weighted by molar-refractivity contribution is 7.92. The normalized spacial score (nSPS) is 13.4. The number of hydrogen-bond acceptors (Lipinski definition) is 6. The van der Waals surface area contributed by atoms with Gasteiger partial charge in [0.2, 0.25) is 0 Å². The zero-order chi connectivity index (χ0) is 21.0. The SMILES string of the molecule is CCCOc1ccccc1NS(=O)(=O)c1ccc2c(c1)N(CC(=O)O)C(=O)CO2. The third-order valence-corrected chi connectivity index (χ3v) is 5.43. The largest absolute Gasteiger partial charge is 0.491 e. The van der Waals surface area contributed by atoms with E-state index in [-0.39, 0.29) is 28.6 Å². The standard InChI is InChI=1S/C19H20N2O7S/c1-2-9-27-16-6-4-3-5-14(16)20-29(25,26)13-7-8-17-15(10-13)21(11-19(23)24)18(22)12-28-17/h3-8,10,20H,2,9,11-12H2,1H3,(H,23,24). The lowest BCUT2D eigenvalue weighted by atomic mass is 10.2. The molecule has 2 aromatic carbocycles. The van der Waals surface area contributed by atoms with Gasteiger partial charge in [-0.25, -0.2) is 8.42 Å². The number of rotatable bonds is 8. The molecule has 0 unspecified atom stereocenters. The van der Waals surface area contributed by atoms with Crippen molar-refractivity contribution in [1.29, 1.82) is 0 Å². The molecule has 1 amide bonds. The van der Waals surface area contributed by atoms with Crippen molar-refractivity contribution >= 4 is 33.3 Å². The fourth-order valence-corrected chi connectivity index (χ4v) is 3.84. The quantitative estimate of drug-likeness (QED) is 0.670. The van der Waals surface area contributed by atoms with Gasteiger partial charge in [0.1, 0.15) is 18.0 Å². The molecule has 0 radical (unpaired) electrons. The van der Waals surface area contributed by atoms with Crippen LogP contribution in [-0.2, 0) is 19.6 Å². The van der Waals surface area contributed by atoms with Gasteiger partial charge < -0.3 is 14.6 Å². The molecule has 0 saturated heterocycles. The van der Waals surface area contributed by atoms with E-state index in [1.165, 1.54) is 18.2 Å². The van der Waals surface area contributed by atoms with Gasteiger partial charge in [-0.1, -0.05) is 19.1 Å². The molecule has 2 N–H and O–H groups in total. The second-order valence-electron chi connectivity index (χ2n) is 6.24. The number of nitrogens with one attached hydrogen (secondary N) is 1. The lowest BCUT2D eigenvalue weighted by molar-refractivity contribution is -0.137. The third kappa shape index (κ3) is 4.60. The van der Waals surface area contributed by atoms with Crippen LogP contribution >= 0.6 is 0 Å². The van der Waals surface area contributed by atoms with Gasteiger partial charge in [0.15, 0.2) is 6.61 Å². The molecular weight excluding hydrogens is 400 g/mol. The highest BCUT2D eigenvalue weighted by Crippen LogP contribution is 2.35. The van der Waals surface area contributed by atoms with E-state index < -0.39 is 28.4 Å². The summed E-state index contributed by atoms with van der Waals surface area (Å²) in [6.45, 7) is 1.46. The maximum atomic E-state index is 12.9. The van der Waals surface area contributed by atoms with Gasteiger partial charge >= 0.3 is 5.97 Å². The van der Waals surface area contributed by atoms with Gasteiger partial charge in [0.25, 0.3) is 15.9 Å². The van der Waals surface area contributed by atoms with Gasteiger partial charge in [0.05, 0.1) is 22.9 Å². The summed E-state index contributed by atoms with van der Waals surface area (Å²) in [6.07, 6.45) is 0.763. The molecule has 3 rings (SSSR count). The summed E-state index contributed by atoms with van der Waals surface area (Å²) >= 11 is 0. The van der Waals surface area contributed by atoms with Crippen molar-refractivity contribution in [2.75, 3.05) is 29.4 Å². The Balaban J connectivity index is 1.94. The average Bonchev–Trinajstić information content (AvgIpc) is 2.68. The van der Waals surface area contributed by atoms with Crippen LogP contribution in [0.1, 0.15) is 13.3 Å². The van der Waals surface area contributed by atoms with Gasteiger partial charge in [-0.05, 0) is 36.8 Å². The number of nitrogens with zero attached hydrogens (tertiary/aromatic N) is 1. The Morgan fingerprint density at radius 2 is 2.03 bits per heavy atom. The monoisotopic (exact) mass is 420 g/mol. The van der Waals surface area contributed by atoms with E-state index in [1.54, 1.807) is 24.3 Å². The Hall–Kier alpha value is -3.27. The van der Waals surface area contributed by atoms with Crippen molar-refractivity contribution in [2.45, 2.75) is 18.2 Å². The number of carbonyl (C=O) groups is 2. The molecule has 0 aliphatic carbocycles. The van der Waals surface area contributed by atoms with Crippen LogP contribution in [0, 0.1) is 0 Å². The Morgan fingerprint density at radius 3 is 2.76 bits per heavy atom. The molecule has 10 heteroatoms. The van der Waals surface area contributed by atoms with E-state index >= 15 is 0 Å². The van der Waals surface area contributed by atoms with E-state index in [1.807, 2.05) is 6.92 Å². The predicted molar refractivity (Wildman–Crippen MR) is 105 cm³/mol. The van der Waals surface area contributed by atoms with Crippen molar-refractivity contribution in [3.8, 4) is 11.5 Å². The summed E-state index contributed by atoms with van der Waals surface area (Å²) in [5.41, 5.74) is 0.357. The highest BCUT2D eigenvalue weighted by Gasteiger charge is 2.29. The first-order chi connectivity index (χ1) is 13.8. The number of benzene rings is 2. The fraction of sp³-hybridized carbons (Fsp3) is 0.263. The number of hydrogen-bond donors (Lipinski definition) is 2. The van der Waals surface area contributed by atoms with E-state index in [4.69, 9.17) is 14.6 Å². The van der Waals surface area contributed by atoms with Gasteiger partial charge in [-0.15, -0.1) is 0 Å². The molecule has 1 aliphatic rings. The summed E-state index contributed by atoms with van der Waals surface area (Å²) in [4.78, 5) is 24.0. The molecule has 9 nitrogen and oxygen atoms in total. The van der Waals surface area contributed by atoms with Crippen molar-refractivity contribution in [1.82, 2.24) is 0 Å². The maximum Gasteiger partial charge on any atom is 0.323 e. The minimum absolute atomic E-state index is 0.0852. The molecule has 0 spiro atoms. The number of aliphatic carboxylic acids is 1. The van der Waals surface area contributed by atoms with Crippen molar-refractivity contribution in [3.05, 3.63) is 42.5 Å². The molecule has 0 fully saturated rings. The zero-order valence-electron chi connectivity index (χ0n) is 15.6. The first-order valence-corrected chi connectivity index (χ1v) is 10.3. The van der Waals surface area contributed by atoms with E-state index in [2.05, 4.69) is 4.72 Å². The number of anilines is 2. The van der Waals surface area contributed by atoms with Crippen LogP contribution < -0.4 is 19.1 Å².